The number of rotatable bonds is 15. The lowest BCUT2D eigenvalue weighted by atomic mass is 10.0. The molecule has 0 aliphatic rings. The van der Waals surface area contributed by atoms with Crippen LogP contribution in [-0.2, 0) is 32.6 Å². The van der Waals surface area contributed by atoms with E-state index in [9.17, 15) is 26.8 Å². The molecule has 0 aliphatic heterocycles. The highest BCUT2D eigenvalue weighted by Gasteiger charge is 2.31. The molecule has 0 aromatic heterocycles. The van der Waals surface area contributed by atoms with E-state index >= 15 is 0 Å². The molecule has 3 rings (SSSR count). The minimum Gasteiger partial charge on any atom is -0.354 e. The van der Waals surface area contributed by atoms with Crippen molar-refractivity contribution < 1.29 is 26.8 Å². The Hall–Kier alpha value is -3.79. The second-order valence-corrected chi connectivity index (χ2v) is 11.8. The third kappa shape index (κ3) is 9.67. The lowest BCUT2D eigenvalue weighted by molar-refractivity contribution is -0.141. The Morgan fingerprint density at radius 1 is 0.902 bits per heavy atom. The molecule has 0 saturated carbocycles. The Balaban J connectivity index is 1.87. The number of anilines is 1. The molecule has 1 N–H and O–H groups in total. The van der Waals surface area contributed by atoms with Crippen LogP contribution in [0.1, 0.15) is 43.7 Å². The van der Waals surface area contributed by atoms with Crippen LogP contribution < -0.4 is 9.62 Å². The molecule has 3 aromatic rings. The molecule has 7 nitrogen and oxygen atoms in total. The van der Waals surface area contributed by atoms with Crippen molar-refractivity contribution in [1.82, 2.24) is 10.2 Å². The Labute approximate surface area is 241 Å². The fourth-order valence-electron chi connectivity index (χ4n) is 4.48. The number of unbranched alkanes of at least 4 members (excludes halogenated alkanes) is 1. The molecule has 10 heteroatoms. The summed E-state index contributed by atoms with van der Waals surface area (Å²) in [6.07, 6.45) is 2.97. The van der Waals surface area contributed by atoms with Gasteiger partial charge in [0.15, 0.2) is 0 Å². The Morgan fingerprint density at radius 2 is 1.56 bits per heavy atom. The molecule has 220 valence electrons. The SMILES string of the molecule is CCCCNC(=O)[C@@H](Cc1ccccc1)N(Cc1ccccc1F)C(=O)CCCN(c1ccc(F)cc1)S(C)(=O)=O. The van der Waals surface area contributed by atoms with Crippen LogP contribution in [0.15, 0.2) is 78.9 Å². The van der Waals surface area contributed by atoms with Crippen molar-refractivity contribution >= 4 is 27.5 Å². The van der Waals surface area contributed by atoms with Gasteiger partial charge in [0.25, 0.3) is 0 Å². The fourth-order valence-corrected chi connectivity index (χ4v) is 5.45. The monoisotopic (exact) mass is 585 g/mol. The summed E-state index contributed by atoms with van der Waals surface area (Å²) in [5, 5.41) is 2.92. The van der Waals surface area contributed by atoms with Gasteiger partial charge in [0.1, 0.15) is 17.7 Å². The number of hydrogen-bond donors (Lipinski definition) is 1. The highest BCUT2D eigenvalue weighted by molar-refractivity contribution is 7.92. The minimum absolute atomic E-state index is 0.0320. The molecule has 41 heavy (non-hydrogen) atoms. The van der Waals surface area contributed by atoms with E-state index in [1.807, 2.05) is 37.3 Å². The average Bonchev–Trinajstić information content (AvgIpc) is 2.94. The van der Waals surface area contributed by atoms with Crippen molar-refractivity contribution in [1.29, 1.82) is 0 Å². The number of amides is 2. The first-order valence-electron chi connectivity index (χ1n) is 13.7. The average molecular weight is 586 g/mol. The number of nitrogens with one attached hydrogen (secondary N) is 1. The summed E-state index contributed by atoms with van der Waals surface area (Å²) >= 11 is 0. The van der Waals surface area contributed by atoms with Gasteiger partial charge < -0.3 is 10.2 Å². The molecule has 2 amide bonds. The van der Waals surface area contributed by atoms with Crippen LogP contribution in [0.3, 0.4) is 0 Å². The second-order valence-electron chi connectivity index (χ2n) is 9.88. The van der Waals surface area contributed by atoms with Crippen molar-refractivity contribution in [3.8, 4) is 0 Å². The molecule has 0 bridgehead atoms. The summed E-state index contributed by atoms with van der Waals surface area (Å²) in [7, 11) is -3.71. The van der Waals surface area contributed by atoms with Crippen LogP contribution >= 0.6 is 0 Å². The van der Waals surface area contributed by atoms with Crippen molar-refractivity contribution in [2.24, 2.45) is 0 Å². The molecule has 1 atom stereocenters. The smallest absolute Gasteiger partial charge is 0.243 e. The zero-order valence-electron chi connectivity index (χ0n) is 23.4. The first kappa shape index (κ1) is 31.7. The molecular formula is C31H37F2N3O4S. The third-order valence-corrected chi connectivity index (χ3v) is 7.86. The predicted octanol–water partition coefficient (Wildman–Crippen LogP) is 5.07. The number of carbonyl (C=O) groups is 2. The second kappa shape index (κ2) is 15.3. The number of halogens is 2. The zero-order chi connectivity index (χ0) is 29.8. The molecule has 0 heterocycles. The number of hydrogen-bond acceptors (Lipinski definition) is 4. The van der Waals surface area contributed by atoms with Crippen LogP contribution in [0.25, 0.3) is 0 Å². The summed E-state index contributed by atoms with van der Waals surface area (Å²) in [4.78, 5) is 28.6. The van der Waals surface area contributed by atoms with E-state index in [1.54, 1.807) is 18.2 Å². The summed E-state index contributed by atoms with van der Waals surface area (Å²) in [5.41, 5.74) is 1.39. The molecule has 3 aromatic carbocycles. The maximum atomic E-state index is 14.7. The largest absolute Gasteiger partial charge is 0.354 e. The Kier molecular flexibility index (Phi) is 11.8. The van der Waals surface area contributed by atoms with E-state index < -0.39 is 33.6 Å². The normalized spacial score (nSPS) is 12.0. The molecule has 0 spiro atoms. The number of benzene rings is 3. The molecule has 0 aliphatic carbocycles. The third-order valence-electron chi connectivity index (χ3n) is 6.67. The molecule has 0 unspecified atom stereocenters. The van der Waals surface area contributed by atoms with E-state index in [1.165, 1.54) is 35.2 Å². The predicted molar refractivity (Wildman–Crippen MR) is 157 cm³/mol. The first-order valence-corrected chi connectivity index (χ1v) is 15.5. The minimum atomic E-state index is -3.71. The topological polar surface area (TPSA) is 86.8 Å². The number of nitrogens with zero attached hydrogens (tertiary/aromatic N) is 2. The first-order chi connectivity index (χ1) is 19.6. The highest BCUT2D eigenvalue weighted by Crippen LogP contribution is 2.21. The number of sulfonamides is 1. The van der Waals surface area contributed by atoms with Gasteiger partial charge in [-0.2, -0.15) is 0 Å². The lowest BCUT2D eigenvalue weighted by Crippen LogP contribution is -2.50. The van der Waals surface area contributed by atoms with Crippen LogP contribution in [0, 0.1) is 11.6 Å². The van der Waals surface area contributed by atoms with Gasteiger partial charge in [0.2, 0.25) is 21.8 Å². The lowest BCUT2D eigenvalue weighted by Gasteiger charge is -2.32. The van der Waals surface area contributed by atoms with Gasteiger partial charge in [-0.25, -0.2) is 17.2 Å². The van der Waals surface area contributed by atoms with Crippen molar-refractivity contribution in [2.75, 3.05) is 23.7 Å². The van der Waals surface area contributed by atoms with Gasteiger partial charge in [-0.3, -0.25) is 13.9 Å². The Morgan fingerprint density at radius 3 is 2.20 bits per heavy atom. The van der Waals surface area contributed by atoms with Crippen LogP contribution in [0.5, 0.6) is 0 Å². The fraction of sp³-hybridized carbons (Fsp3) is 0.355. The van der Waals surface area contributed by atoms with Crippen LogP contribution in [0.2, 0.25) is 0 Å². The van der Waals surface area contributed by atoms with Gasteiger partial charge in [-0.15, -0.1) is 0 Å². The summed E-state index contributed by atoms with van der Waals surface area (Å²) in [5.74, 6) is -1.74. The zero-order valence-corrected chi connectivity index (χ0v) is 24.2. The summed E-state index contributed by atoms with van der Waals surface area (Å²) in [6, 6.07) is 19.5. The maximum absolute atomic E-state index is 14.7. The highest BCUT2D eigenvalue weighted by atomic mass is 32.2. The maximum Gasteiger partial charge on any atom is 0.243 e. The molecule has 0 radical (unpaired) electrons. The summed E-state index contributed by atoms with van der Waals surface area (Å²) in [6.45, 7) is 2.30. The van der Waals surface area contributed by atoms with Gasteiger partial charge in [-0.1, -0.05) is 61.9 Å². The number of carbonyl (C=O) groups excluding carboxylic acids is 2. The molecular weight excluding hydrogens is 548 g/mol. The molecule has 0 fully saturated rings. The van der Waals surface area contributed by atoms with Gasteiger partial charge >= 0.3 is 0 Å². The Bertz CT molecular complexity index is 1390. The van der Waals surface area contributed by atoms with Gasteiger partial charge in [0.05, 0.1) is 11.9 Å². The van der Waals surface area contributed by atoms with Crippen molar-refractivity contribution in [3.63, 3.8) is 0 Å². The van der Waals surface area contributed by atoms with Gasteiger partial charge in [0, 0.05) is 38.0 Å². The van der Waals surface area contributed by atoms with Gasteiger partial charge in [-0.05, 0) is 48.7 Å². The standard InChI is InChI=1S/C31H37F2N3O4S/c1-3-4-20-34-31(38)29(22-24-11-6-5-7-12-24)35(23-25-13-8-9-14-28(25)33)30(37)15-10-21-36(41(2,39)40)27-18-16-26(32)17-19-27/h5-9,11-14,16-19,29H,3-4,10,15,20-23H2,1-2H3,(H,34,38)/t29-/m1/s1. The van der Waals surface area contributed by atoms with E-state index in [0.717, 1.165) is 29.0 Å². The van der Waals surface area contributed by atoms with Crippen molar-refractivity contribution in [3.05, 3.63) is 102 Å². The van der Waals surface area contributed by atoms with Crippen LogP contribution in [-0.4, -0.2) is 50.5 Å². The van der Waals surface area contributed by atoms with E-state index in [4.69, 9.17) is 0 Å². The quantitative estimate of drug-likeness (QED) is 0.253. The summed E-state index contributed by atoms with van der Waals surface area (Å²) < 4.78 is 54.2. The van der Waals surface area contributed by atoms with Crippen LogP contribution in [0.4, 0.5) is 14.5 Å². The van der Waals surface area contributed by atoms with E-state index in [2.05, 4.69) is 5.32 Å². The molecule has 0 saturated heterocycles. The van der Waals surface area contributed by atoms with E-state index in [-0.39, 0.29) is 49.5 Å². The van der Waals surface area contributed by atoms with Crippen molar-refractivity contribution in [2.45, 2.75) is 51.6 Å². The van der Waals surface area contributed by atoms with E-state index in [0.29, 0.717) is 6.54 Å².